The average molecular weight is 418 g/mol. The van der Waals surface area contributed by atoms with E-state index in [9.17, 15) is 4.79 Å². The first-order chi connectivity index (χ1) is 12.4. The molecule has 0 atom stereocenters. The predicted molar refractivity (Wildman–Crippen MR) is 103 cm³/mol. The Kier molecular flexibility index (Phi) is 9.89. The van der Waals surface area contributed by atoms with Crippen molar-refractivity contribution in [1.29, 1.82) is 5.26 Å². The Morgan fingerprint density at radius 1 is 1.31 bits per heavy atom. The summed E-state index contributed by atoms with van der Waals surface area (Å²) in [4.78, 5) is 17.9. The van der Waals surface area contributed by atoms with Crippen molar-refractivity contribution < 1.29 is 9.53 Å². The second kappa shape index (κ2) is 11.6. The van der Waals surface area contributed by atoms with Crippen LogP contribution in [0.25, 0.3) is 0 Å². The molecule has 0 aliphatic rings. The van der Waals surface area contributed by atoms with Crippen molar-refractivity contribution >= 4 is 40.8 Å². The topological polar surface area (TPSA) is 71.2 Å². The molecule has 0 saturated carbocycles. The number of hydrogen-bond acceptors (Lipinski definition) is 4. The zero-order valence-electron chi connectivity index (χ0n) is 14.5. The molecular formula is C17H19Cl3N4O2. The molecule has 1 amide bonds. The lowest BCUT2D eigenvalue weighted by atomic mass is 10.3. The molecule has 0 unspecified atom stereocenters. The summed E-state index contributed by atoms with van der Waals surface area (Å²) >= 11 is 18.0. The maximum atomic E-state index is 12.3. The third-order valence-corrected chi connectivity index (χ3v) is 3.84. The van der Waals surface area contributed by atoms with Crippen LogP contribution in [0.1, 0.15) is 20.3 Å². The number of imidazole rings is 1. The van der Waals surface area contributed by atoms with Gasteiger partial charge in [0.2, 0.25) is 0 Å². The molecular weight excluding hydrogens is 399 g/mol. The second-order valence-corrected chi connectivity index (χ2v) is 6.26. The van der Waals surface area contributed by atoms with Gasteiger partial charge >= 0.3 is 6.03 Å². The summed E-state index contributed by atoms with van der Waals surface area (Å²) in [7, 11) is 0. The molecule has 0 spiro atoms. The summed E-state index contributed by atoms with van der Waals surface area (Å²) in [5, 5.41) is 8.44. The standard InChI is InChI=1S/C15H16Cl3N3O2.C2H3N/c1-2-4-20(15(22)21-5-3-19-10-21)6-7-23-14-12(17)8-11(16)9-13(14)18;1-2-3/h3,5,8-10H,2,4,6-7H2,1H3;1H3. The summed E-state index contributed by atoms with van der Waals surface area (Å²) in [5.41, 5.74) is 0. The summed E-state index contributed by atoms with van der Waals surface area (Å²) < 4.78 is 7.05. The lowest BCUT2D eigenvalue weighted by Gasteiger charge is -2.22. The quantitative estimate of drug-likeness (QED) is 0.653. The van der Waals surface area contributed by atoms with Crippen LogP contribution in [0.4, 0.5) is 4.79 Å². The minimum Gasteiger partial charge on any atom is -0.489 e. The third-order valence-electron chi connectivity index (χ3n) is 3.06. The minimum absolute atomic E-state index is 0.152. The molecule has 0 saturated heterocycles. The Hall–Kier alpha value is -1.94. The first-order valence-electron chi connectivity index (χ1n) is 7.80. The number of carbonyl (C=O) groups excluding carboxylic acids is 1. The number of carbonyl (C=O) groups is 1. The van der Waals surface area contributed by atoms with E-state index in [1.807, 2.05) is 6.92 Å². The third kappa shape index (κ3) is 6.75. The summed E-state index contributed by atoms with van der Waals surface area (Å²) in [5.74, 6) is 0.365. The number of ether oxygens (including phenoxy) is 1. The van der Waals surface area contributed by atoms with E-state index in [1.165, 1.54) is 17.8 Å². The predicted octanol–water partition coefficient (Wildman–Crippen LogP) is 5.13. The number of amides is 1. The Bertz CT molecular complexity index is 722. The van der Waals surface area contributed by atoms with Gasteiger partial charge in [0.15, 0.2) is 5.75 Å². The molecule has 0 fully saturated rings. The molecule has 26 heavy (non-hydrogen) atoms. The lowest BCUT2D eigenvalue weighted by Crippen LogP contribution is -2.37. The van der Waals surface area contributed by atoms with Gasteiger partial charge in [-0.2, -0.15) is 5.26 Å². The molecule has 2 rings (SSSR count). The van der Waals surface area contributed by atoms with E-state index in [4.69, 9.17) is 44.8 Å². The van der Waals surface area contributed by atoms with Crippen molar-refractivity contribution in [2.45, 2.75) is 20.3 Å². The van der Waals surface area contributed by atoms with Crippen LogP contribution in [0.2, 0.25) is 15.1 Å². The molecule has 0 N–H and O–H groups in total. The molecule has 140 valence electrons. The van der Waals surface area contributed by atoms with Crippen LogP contribution in [0.3, 0.4) is 0 Å². The number of hydrogen-bond donors (Lipinski definition) is 0. The maximum absolute atomic E-state index is 12.3. The fraction of sp³-hybridized carbons (Fsp3) is 0.353. The molecule has 2 aromatic rings. The van der Waals surface area contributed by atoms with Gasteiger partial charge in [0, 0.05) is 30.9 Å². The molecule has 1 heterocycles. The van der Waals surface area contributed by atoms with Crippen LogP contribution < -0.4 is 4.74 Å². The number of rotatable bonds is 6. The highest BCUT2D eigenvalue weighted by molar-refractivity contribution is 6.40. The van der Waals surface area contributed by atoms with Crippen LogP contribution in [-0.4, -0.2) is 40.2 Å². The van der Waals surface area contributed by atoms with Gasteiger partial charge in [-0.25, -0.2) is 9.78 Å². The summed E-state index contributed by atoms with van der Waals surface area (Å²) in [6.07, 6.45) is 5.48. The summed E-state index contributed by atoms with van der Waals surface area (Å²) in [6, 6.07) is 4.72. The van der Waals surface area contributed by atoms with Crippen LogP contribution in [0.15, 0.2) is 30.9 Å². The zero-order chi connectivity index (χ0) is 19.5. The fourth-order valence-electron chi connectivity index (χ4n) is 2.03. The first kappa shape index (κ1) is 22.1. The van der Waals surface area contributed by atoms with Gasteiger partial charge in [-0.05, 0) is 18.6 Å². The van der Waals surface area contributed by atoms with Crippen LogP contribution in [0.5, 0.6) is 5.75 Å². The molecule has 0 aliphatic carbocycles. The van der Waals surface area contributed by atoms with Gasteiger partial charge in [-0.15, -0.1) is 0 Å². The van der Waals surface area contributed by atoms with Crippen molar-refractivity contribution in [2.24, 2.45) is 0 Å². The largest absolute Gasteiger partial charge is 0.489 e. The Balaban J connectivity index is 0.00000105. The van der Waals surface area contributed by atoms with Crippen molar-refractivity contribution in [2.75, 3.05) is 19.7 Å². The van der Waals surface area contributed by atoms with Gasteiger partial charge in [-0.1, -0.05) is 41.7 Å². The highest BCUT2D eigenvalue weighted by Crippen LogP contribution is 2.35. The Morgan fingerprint density at radius 2 is 1.92 bits per heavy atom. The molecule has 6 nitrogen and oxygen atoms in total. The summed E-state index contributed by atoms with van der Waals surface area (Å²) in [6.45, 7) is 4.71. The number of halogens is 3. The van der Waals surface area contributed by atoms with Gasteiger partial charge in [0.1, 0.15) is 12.9 Å². The van der Waals surface area contributed by atoms with Gasteiger partial charge in [0.25, 0.3) is 0 Å². The number of nitriles is 1. The minimum atomic E-state index is -0.152. The molecule has 0 radical (unpaired) electrons. The SMILES string of the molecule is CC#N.CCCN(CCOc1c(Cl)cc(Cl)cc1Cl)C(=O)n1ccnc1. The van der Waals surface area contributed by atoms with Crippen molar-refractivity contribution in [3.63, 3.8) is 0 Å². The molecule has 1 aromatic heterocycles. The van der Waals surface area contributed by atoms with E-state index in [2.05, 4.69) is 4.98 Å². The van der Waals surface area contributed by atoms with Crippen molar-refractivity contribution in [1.82, 2.24) is 14.5 Å². The smallest absolute Gasteiger partial charge is 0.329 e. The second-order valence-electron chi connectivity index (χ2n) is 5.01. The van der Waals surface area contributed by atoms with Gasteiger partial charge in [0.05, 0.1) is 22.7 Å². The van der Waals surface area contributed by atoms with Gasteiger partial charge in [-0.3, -0.25) is 4.57 Å². The monoisotopic (exact) mass is 416 g/mol. The number of benzene rings is 1. The van der Waals surface area contributed by atoms with Crippen LogP contribution in [-0.2, 0) is 0 Å². The fourth-order valence-corrected chi connectivity index (χ4v) is 2.96. The van der Waals surface area contributed by atoms with Crippen molar-refractivity contribution in [3.05, 3.63) is 45.9 Å². The highest BCUT2D eigenvalue weighted by Gasteiger charge is 2.15. The molecule has 1 aromatic carbocycles. The van der Waals surface area contributed by atoms with E-state index in [0.29, 0.717) is 33.9 Å². The van der Waals surface area contributed by atoms with E-state index in [1.54, 1.807) is 35.5 Å². The number of aromatic nitrogens is 2. The van der Waals surface area contributed by atoms with E-state index < -0.39 is 0 Å². The lowest BCUT2D eigenvalue weighted by molar-refractivity contribution is 0.184. The van der Waals surface area contributed by atoms with E-state index >= 15 is 0 Å². The molecule has 0 bridgehead atoms. The van der Waals surface area contributed by atoms with Crippen LogP contribution in [0, 0.1) is 11.3 Å². The van der Waals surface area contributed by atoms with E-state index in [-0.39, 0.29) is 12.6 Å². The average Bonchev–Trinajstić information content (AvgIpc) is 3.10. The van der Waals surface area contributed by atoms with Gasteiger partial charge < -0.3 is 9.64 Å². The highest BCUT2D eigenvalue weighted by atomic mass is 35.5. The first-order valence-corrected chi connectivity index (χ1v) is 8.93. The molecule has 0 aliphatic heterocycles. The normalized spacial score (nSPS) is 9.69. The van der Waals surface area contributed by atoms with Crippen LogP contribution >= 0.6 is 34.8 Å². The van der Waals surface area contributed by atoms with Crippen molar-refractivity contribution in [3.8, 4) is 11.8 Å². The number of nitrogens with zero attached hydrogens (tertiary/aromatic N) is 4. The molecule has 9 heteroatoms. The Labute approximate surface area is 167 Å². The zero-order valence-corrected chi connectivity index (χ0v) is 16.7. The van der Waals surface area contributed by atoms with E-state index in [0.717, 1.165) is 6.42 Å². The Morgan fingerprint density at radius 3 is 2.42 bits per heavy atom. The maximum Gasteiger partial charge on any atom is 0.329 e.